The summed E-state index contributed by atoms with van der Waals surface area (Å²) in [7, 11) is 0. The first-order chi connectivity index (χ1) is 6.70. The van der Waals surface area contributed by atoms with E-state index >= 15 is 0 Å². The molecule has 1 aliphatic carbocycles. The number of anilines is 2. The molecule has 14 heavy (non-hydrogen) atoms. The summed E-state index contributed by atoms with van der Waals surface area (Å²) in [4.78, 5) is 0. The van der Waals surface area contributed by atoms with Gasteiger partial charge in [0.05, 0.1) is 5.69 Å². The van der Waals surface area contributed by atoms with Gasteiger partial charge in [-0.2, -0.15) is 0 Å². The highest BCUT2D eigenvalue weighted by molar-refractivity contribution is 5.59. The average molecular weight is 195 g/mol. The van der Waals surface area contributed by atoms with Crippen LogP contribution >= 0.6 is 0 Å². The second-order valence-electron chi connectivity index (χ2n) is 3.65. The van der Waals surface area contributed by atoms with E-state index in [-0.39, 0.29) is 5.82 Å². The Morgan fingerprint density at radius 2 is 2.14 bits per heavy atom. The fraction of sp³-hybridized carbons (Fsp3) is 0.400. The van der Waals surface area contributed by atoms with E-state index in [1.165, 1.54) is 6.07 Å². The molecule has 0 saturated heterocycles. The van der Waals surface area contributed by atoms with Gasteiger partial charge in [0.25, 0.3) is 0 Å². The molecule has 0 radical (unpaired) electrons. The fourth-order valence-corrected chi connectivity index (χ4v) is 1.37. The first-order valence-electron chi connectivity index (χ1n) is 4.75. The topological polar surface area (TPSA) is 64.1 Å². The van der Waals surface area contributed by atoms with Gasteiger partial charge in [0.2, 0.25) is 0 Å². The highest BCUT2D eigenvalue weighted by Gasteiger charge is 2.22. The Kier molecular flexibility index (Phi) is 2.29. The van der Waals surface area contributed by atoms with E-state index in [1.807, 2.05) is 0 Å². The van der Waals surface area contributed by atoms with Crippen LogP contribution in [-0.2, 0) is 6.54 Å². The summed E-state index contributed by atoms with van der Waals surface area (Å²) in [6.45, 7) is 0.339. The Morgan fingerprint density at radius 3 is 2.71 bits per heavy atom. The fourth-order valence-electron chi connectivity index (χ4n) is 1.37. The van der Waals surface area contributed by atoms with E-state index in [4.69, 9.17) is 11.5 Å². The molecule has 1 saturated carbocycles. The Labute approximate surface area is 82.3 Å². The Hall–Kier alpha value is -1.29. The van der Waals surface area contributed by atoms with Gasteiger partial charge in [0, 0.05) is 18.3 Å². The second-order valence-corrected chi connectivity index (χ2v) is 3.65. The van der Waals surface area contributed by atoms with Crippen molar-refractivity contribution in [1.29, 1.82) is 0 Å². The zero-order valence-corrected chi connectivity index (χ0v) is 7.89. The van der Waals surface area contributed by atoms with Crippen LogP contribution in [0.3, 0.4) is 0 Å². The first kappa shape index (κ1) is 9.27. The van der Waals surface area contributed by atoms with Gasteiger partial charge < -0.3 is 16.8 Å². The van der Waals surface area contributed by atoms with Crippen molar-refractivity contribution in [1.82, 2.24) is 0 Å². The summed E-state index contributed by atoms with van der Waals surface area (Å²) in [6.07, 6.45) is 2.23. The number of hydrogen-bond donors (Lipinski definition) is 3. The molecule has 3 nitrogen and oxygen atoms in total. The maximum Gasteiger partial charge on any atom is 0.148 e. The quantitative estimate of drug-likeness (QED) is 0.639. The summed E-state index contributed by atoms with van der Waals surface area (Å²) in [5, 5.41) is 3.10. The summed E-state index contributed by atoms with van der Waals surface area (Å²) in [5.74, 6) is -0.299. The van der Waals surface area contributed by atoms with Crippen molar-refractivity contribution in [2.45, 2.75) is 25.4 Å². The molecule has 0 amide bonds. The Balaban J connectivity index is 2.27. The molecule has 76 valence electrons. The SMILES string of the molecule is NCc1cc(NC2CC2)c(F)cc1N. The van der Waals surface area contributed by atoms with Crippen LogP contribution in [0.25, 0.3) is 0 Å². The molecule has 0 unspecified atom stereocenters. The van der Waals surface area contributed by atoms with Gasteiger partial charge >= 0.3 is 0 Å². The van der Waals surface area contributed by atoms with E-state index in [0.717, 1.165) is 18.4 Å². The molecule has 0 aromatic heterocycles. The average Bonchev–Trinajstić information content (AvgIpc) is 2.93. The largest absolute Gasteiger partial charge is 0.398 e. The molecule has 5 N–H and O–H groups in total. The second kappa shape index (κ2) is 3.46. The monoisotopic (exact) mass is 195 g/mol. The molecule has 2 rings (SSSR count). The van der Waals surface area contributed by atoms with Crippen LogP contribution in [-0.4, -0.2) is 6.04 Å². The molecule has 0 spiro atoms. The molecule has 0 atom stereocenters. The van der Waals surface area contributed by atoms with Gasteiger partial charge in [-0.1, -0.05) is 0 Å². The predicted molar refractivity (Wildman–Crippen MR) is 55.3 cm³/mol. The van der Waals surface area contributed by atoms with Crippen molar-refractivity contribution in [3.8, 4) is 0 Å². The number of halogens is 1. The van der Waals surface area contributed by atoms with E-state index in [0.29, 0.717) is 24.0 Å². The number of rotatable bonds is 3. The van der Waals surface area contributed by atoms with Crippen LogP contribution in [0.5, 0.6) is 0 Å². The number of nitrogen functional groups attached to an aromatic ring is 1. The molecule has 4 heteroatoms. The number of nitrogens with one attached hydrogen (secondary N) is 1. The maximum atomic E-state index is 13.4. The zero-order chi connectivity index (χ0) is 10.1. The minimum atomic E-state index is -0.299. The molecule has 0 bridgehead atoms. The van der Waals surface area contributed by atoms with Crippen LogP contribution < -0.4 is 16.8 Å². The van der Waals surface area contributed by atoms with Crippen LogP contribution in [0.1, 0.15) is 18.4 Å². The van der Waals surface area contributed by atoms with Crippen LogP contribution in [0.15, 0.2) is 12.1 Å². The molecule has 1 aliphatic rings. The van der Waals surface area contributed by atoms with Crippen molar-refractivity contribution >= 4 is 11.4 Å². The molecular formula is C10H14FN3. The summed E-state index contributed by atoms with van der Waals surface area (Å²) < 4.78 is 13.4. The lowest BCUT2D eigenvalue weighted by molar-refractivity contribution is 0.630. The lowest BCUT2D eigenvalue weighted by atomic mass is 10.1. The molecule has 0 heterocycles. The minimum Gasteiger partial charge on any atom is -0.398 e. The van der Waals surface area contributed by atoms with E-state index in [1.54, 1.807) is 6.07 Å². The van der Waals surface area contributed by atoms with Crippen molar-refractivity contribution < 1.29 is 4.39 Å². The molecule has 1 aromatic rings. The Bertz CT molecular complexity index is 347. The van der Waals surface area contributed by atoms with Gasteiger partial charge in [-0.25, -0.2) is 4.39 Å². The third kappa shape index (κ3) is 1.80. The Morgan fingerprint density at radius 1 is 1.43 bits per heavy atom. The van der Waals surface area contributed by atoms with Crippen molar-refractivity contribution in [3.05, 3.63) is 23.5 Å². The van der Waals surface area contributed by atoms with Gasteiger partial charge in [0.15, 0.2) is 0 Å². The van der Waals surface area contributed by atoms with Crippen molar-refractivity contribution in [2.75, 3.05) is 11.1 Å². The van der Waals surface area contributed by atoms with Crippen LogP contribution in [0.4, 0.5) is 15.8 Å². The highest BCUT2D eigenvalue weighted by Crippen LogP contribution is 2.28. The van der Waals surface area contributed by atoms with Crippen molar-refractivity contribution in [2.24, 2.45) is 5.73 Å². The number of hydrogen-bond acceptors (Lipinski definition) is 3. The molecule has 0 aliphatic heterocycles. The highest BCUT2D eigenvalue weighted by atomic mass is 19.1. The van der Waals surface area contributed by atoms with Gasteiger partial charge in [0.1, 0.15) is 5.82 Å². The lowest BCUT2D eigenvalue weighted by Gasteiger charge is -2.10. The minimum absolute atomic E-state index is 0.299. The van der Waals surface area contributed by atoms with Crippen LogP contribution in [0, 0.1) is 5.82 Å². The summed E-state index contributed by atoms with van der Waals surface area (Å²) in [6, 6.07) is 3.45. The summed E-state index contributed by atoms with van der Waals surface area (Å²) in [5.41, 5.74) is 12.8. The molecular weight excluding hydrogens is 181 g/mol. The standard InChI is InChI=1S/C10H14FN3/c11-8-4-9(13)6(5-12)3-10(8)14-7-1-2-7/h3-4,7,14H,1-2,5,12-13H2. The van der Waals surface area contributed by atoms with E-state index < -0.39 is 0 Å². The van der Waals surface area contributed by atoms with Gasteiger partial charge in [-0.05, 0) is 30.5 Å². The van der Waals surface area contributed by atoms with Gasteiger partial charge in [-0.3, -0.25) is 0 Å². The van der Waals surface area contributed by atoms with E-state index in [2.05, 4.69) is 5.32 Å². The third-order valence-corrected chi connectivity index (χ3v) is 2.39. The zero-order valence-electron chi connectivity index (χ0n) is 7.89. The first-order valence-corrected chi connectivity index (χ1v) is 4.75. The maximum absolute atomic E-state index is 13.4. The number of benzene rings is 1. The van der Waals surface area contributed by atoms with Crippen molar-refractivity contribution in [3.63, 3.8) is 0 Å². The van der Waals surface area contributed by atoms with Gasteiger partial charge in [-0.15, -0.1) is 0 Å². The normalized spacial score (nSPS) is 15.6. The molecule has 1 aromatic carbocycles. The van der Waals surface area contributed by atoms with E-state index in [9.17, 15) is 4.39 Å². The smallest absolute Gasteiger partial charge is 0.148 e. The third-order valence-electron chi connectivity index (χ3n) is 2.39. The number of nitrogens with two attached hydrogens (primary N) is 2. The van der Waals surface area contributed by atoms with Crippen LogP contribution in [0.2, 0.25) is 0 Å². The lowest BCUT2D eigenvalue weighted by Crippen LogP contribution is -2.07. The predicted octanol–water partition coefficient (Wildman–Crippen LogP) is 1.44. The molecule has 1 fully saturated rings. The summed E-state index contributed by atoms with van der Waals surface area (Å²) >= 11 is 0.